The van der Waals surface area contributed by atoms with Crippen LogP contribution in [0.1, 0.15) is 38.8 Å². The molecule has 0 aliphatic heterocycles. The molecule has 0 heterocycles. The van der Waals surface area contributed by atoms with Gasteiger partial charge in [0, 0.05) is 23.4 Å². The molecule has 0 saturated carbocycles. The monoisotopic (exact) mass is 293 g/mol. The molecule has 114 valence electrons. The van der Waals surface area contributed by atoms with Crippen LogP contribution in [0.25, 0.3) is 0 Å². The number of rotatable bonds is 6. The molecule has 0 bridgehead atoms. The summed E-state index contributed by atoms with van der Waals surface area (Å²) < 4.78 is 4.92. The van der Waals surface area contributed by atoms with Gasteiger partial charge in [-0.15, -0.1) is 0 Å². The Morgan fingerprint density at radius 2 is 1.76 bits per heavy atom. The predicted octanol–water partition coefficient (Wildman–Crippen LogP) is -0.995. The molecular formula is C14H15NO6-2. The van der Waals surface area contributed by atoms with Crippen molar-refractivity contribution in [3.8, 4) is 0 Å². The zero-order valence-electron chi connectivity index (χ0n) is 11.9. The molecule has 0 aliphatic carbocycles. The highest BCUT2D eigenvalue weighted by atomic mass is 16.5. The summed E-state index contributed by atoms with van der Waals surface area (Å²) in [7, 11) is 0. The van der Waals surface area contributed by atoms with E-state index in [1.807, 2.05) is 0 Å². The van der Waals surface area contributed by atoms with Gasteiger partial charge in [-0.2, -0.15) is 0 Å². The average molecular weight is 293 g/mol. The average Bonchev–Trinajstić information content (AvgIpc) is 2.38. The van der Waals surface area contributed by atoms with E-state index in [4.69, 9.17) is 4.74 Å². The summed E-state index contributed by atoms with van der Waals surface area (Å²) in [6, 6.07) is 1.16. The van der Waals surface area contributed by atoms with E-state index in [1.165, 1.54) is 13.8 Å². The van der Waals surface area contributed by atoms with Crippen molar-refractivity contribution >= 4 is 23.5 Å². The van der Waals surface area contributed by atoms with Crippen molar-refractivity contribution in [2.45, 2.75) is 20.8 Å². The smallest absolute Gasteiger partial charge is 0.250 e. The molecule has 0 unspecified atom stereocenters. The van der Waals surface area contributed by atoms with Crippen LogP contribution in [0, 0.1) is 13.8 Å². The molecule has 1 amide bonds. The van der Waals surface area contributed by atoms with Gasteiger partial charge in [0.25, 0.3) is 0 Å². The molecule has 0 aliphatic rings. The Kier molecular flexibility index (Phi) is 5.43. The number of aromatic carboxylic acids is 2. The van der Waals surface area contributed by atoms with Crippen LogP contribution >= 0.6 is 0 Å². The van der Waals surface area contributed by atoms with Gasteiger partial charge in [-0.25, -0.2) is 0 Å². The van der Waals surface area contributed by atoms with Crippen LogP contribution in [0.3, 0.4) is 0 Å². The second-order valence-electron chi connectivity index (χ2n) is 4.36. The first-order valence-corrected chi connectivity index (χ1v) is 6.24. The quantitative estimate of drug-likeness (QED) is 0.719. The van der Waals surface area contributed by atoms with Crippen LogP contribution < -0.4 is 15.5 Å². The number of anilines is 1. The number of carboxylic acids is 2. The minimum atomic E-state index is -1.53. The van der Waals surface area contributed by atoms with Crippen LogP contribution in [0.2, 0.25) is 0 Å². The fourth-order valence-electron chi connectivity index (χ4n) is 1.94. The van der Waals surface area contributed by atoms with Gasteiger partial charge in [0.1, 0.15) is 6.61 Å². The Labute approximate surface area is 121 Å². The normalized spacial score (nSPS) is 10.2. The molecule has 1 aromatic rings. The lowest BCUT2D eigenvalue weighted by Crippen LogP contribution is -2.29. The van der Waals surface area contributed by atoms with Crippen molar-refractivity contribution in [1.29, 1.82) is 0 Å². The van der Waals surface area contributed by atoms with Gasteiger partial charge in [-0.1, -0.05) is 0 Å². The minimum absolute atomic E-state index is 0.0234. The highest BCUT2D eigenvalue weighted by Gasteiger charge is 2.15. The Hall–Kier alpha value is -2.41. The standard InChI is InChI=1S/C14H17NO6/c1-4-21-6-11(16)15-10-5-9(13(17)18)7(2)12(8(10)3)14(19)20/h5H,4,6H2,1-3H3,(H,15,16)(H,17,18)(H,19,20)/p-2. The van der Waals surface area contributed by atoms with E-state index < -0.39 is 17.8 Å². The Morgan fingerprint density at radius 3 is 2.24 bits per heavy atom. The number of hydrogen-bond donors (Lipinski definition) is 1. The number of benzene rings is 1. The molecule has 0 atom stereocenters. The van der Waals surface area contributed by atoms with E-state index in [1.54, 1.807) is 6.92 Å². The molecule has 0 saturated heterocycles. The first-order chi connectivity index (χ1) is 9.79. The number of ether oxygens (including phenoxy) is 1. The number of carboxylic acid groups (broad SMARTS) is 2. The maximum absolute atomic E-state index is 11.6. The number of nitrogens with one attached hydrogen (secondary N) is 1. The number of carbonyl (C=O) groups is 3. The lowest BCUT2D eigenvalue weighted by Gasteiger charge is -2.20. The van der Waals surface area contributed by atoms with E-state index in [9.17, 15) is 24.6 Å². The maximum atomic E-state index is 11.6. The van der Waals surface area contributed by atoms with Gasteiger partial charge >= 0.3 is 0 Å². The minimum Gasteiger partial charge on any atom is -0.545 e. The molecule has 1 N–H and O–H groups in total. The summed E-state index contributed by atoms with van der Waals surface area (Å²) in [6.45, 7) is 4.63. The van der Waals surface area contributed by atoms with Gasteiger partial charge in [0.05, 0.1) is 11.9 Å². The van der Waals surface area contributed by atoms with Gasteiger partial charge in [0.15, 0.2) is 0 Å². The third kappa shape index (κ3) is 3.79. The van der Waals surface area contributed by atoms with E-state index in [0.717, 1.165) is 6.07 Å². The second-order valence-corrected chi connectivity index (χ2v) is 4.36. The summed E-state index contributed by atoms with van der Waals surface area (Å²) in [6.07, 6.45) is 0. The van der Waals surface area contributed by atoms with Crippen molar-refractivity contribution < 1.29 is 29.3 Å². The maximum Gasteiger partial charge on any atom is 0.250 e. The van der Waals surface area contributed by atoms with E-state index in [0.29, 0.717) is 6.61 Å². The summed E-state index contributed by atoms with van der Waals surface area (Å²) in [4.78, 5) is 33.8. The van der Waals surface area contributed by atoms with Crippen LogP contribution in [-0.2, 0) is 9.53 Å². The first kappa shape index (κ1) is 16.6. The zero-order chi connectivity index (χ0) is 16.2. The van der Waals surface area contributed by atoms with Gasteiger partial charge < -0.3 is 29.9 Å². The fourth-order valence-corrected chi connectivity index (χ4v) is 1.94. The second kappa shape index (κ2) is 6.85. The third-order valence-corrected chi connectivity index (χ3v) is 2.98. The number of amides is 1. The Bertz CT molecular complexity index is 594. The molecule has 1 rings (SSSR count). The van der Waals surface area contributed by atoms with Crippen molar-refractivity contribution in [3.05, 3.63) is 28.3 Å². The Balaban J connectivity index is 3.29. The number of hydrogen-bond acceptors (Lipinski definition) is 6. The SMILES string of the molecule is CCOCC(=O)Nc1cc(C(=O)[O-])c(C)c(C(=O)[O-])c1C. The molecule has 7 heteroatoms. The van der Waals surface area contributed by atoms with Crippen molar-refractivity contribution in [2.24, 2.45) is 0 Å². The van der Waals surface area contributed by atoms with Crippen molar-refractivity contribution in [2.75, 3.05) is 18.5 Å². The molecule has 0 aromatic heterocycles. The van der Waals surface area contributed by atoms with E-state index in [-0.39, 0.29) is 34.5 Å². The third-order valence-electron chi connectivity index (χ3n) is 2.98. The summed E-state index contributed by atoms with van der Waals surface area (Å²) in [5.74, 6) is -3.57. The highest BCUT2D eigenvalue weighted by molar-refractivity contribution is 6.01. The van der Waals surface area contributed by atoms with Crippen LogP contribution in [0.5, 0.6) is 0 Å². The molecule has 0 spiro atoms. The van der Waals surface area contributed by atoms with Crippen molar-refractivity contribution in [1.82, 2.24) is 0 Å². The molecule has 21 heavy (non-hydrogen) atoms. The number of carbonyl (C=O) groups excluding carboxylic acids is 3. The van der Waals surface area contributed by atoms with E-state index >= 15 is 0 Å². The fraction of sp³-hybridized carbons (Fsp3) is 0.357. The molecule has 7 nitrogen and oxygen atoms in total. The first-order valence-electron chi connectivity index (χ1n) is 6.24. The topological polar surface area (TPSA) is 119 Å². The Morgan fingerprint density at radius 1 is 1.14 bits per heavy atom. The molecule has 0 radical (unpaired) electrons. The molecule has 0 fully saturated rings. The van der Waals surface area contributed by atoms with Crippen LogP contribution in [-0.4, -0.2) is 31.1 Å². The summed E-state index contributed by atoms with van der Waals surface area (Å²) >= 11 is 0. The van der Waals surface area contributed by atoms with Crippen molar-refractivity contribution in [3.63, 3.8) is 0 Å². The lowest BCUT2D eigenvalue weighted by molar-refractivity contribution is -0.255. The van der Waals surface area contributed by atoms with E-state index in [2.05, 4.69) is 5.32 Å². The lowest BCUT2D eigenvalue weighted by atomic mass is 9.95. The van der Waals surface area contributed by atoms with Gasteiger partial charge in [0.2, 0.25) is 5.91 Å². The largest absolute Gasteiger partial charge is 0.545 e. The van der Waals surface area contributed by atoms with Gasteiger partial charge in [-0.3, -0.25) is 4.79 Å². The molecule has 1 aromatic carbocycles. The highest BCUT2D eigenvalue weighted by Crippen LogP contribution is 2.25. The van der Waals surface area contributed by atoms with Crippen LogP contribution in [0.15, 0.2) is 6.07 Å². The predicted molar refractivity (Wildman–Crippen MR) is 69.7 cm³/mol. The summed E-state index contributed by atoms with van der Waals surface area (Å²) in [5.41, 5.74) is -0.281. The molecular weight excluding hydrogens is 278 g/mol. The van der Waals surface area contributed by atoms with Gasteiger partial charge in [-0.05, 0) is 38.0 Å². The summed E-state index contributed by atoms with van der Waals surface area (Å²) in [5, 5.41) is 24.6. The zero-order valence-corrected chi connectivity index (χ0v) is 11.9. The van der Waals surface area contributed by atoms with Crippen LogP contribution in [0.4, 0.5) is 5.69 Å².